The van der Waals surface area contributed by atoms with Crippen LogP contribution in [0.15, 0.2) is 42.7 Å². The summed E-state index contributed by atoms with van der Waals surface area (Å²) in [4.78, 5) is 13.9. The van der Waals surface area contributed by atoms with Crippen LogP contribution in [0.1, 0.15) is 37.8 Å². The first-order valence-corrected chi connectivity index (χ1v) is 8.51. The van der Waals surface area contributed by atoms with Crippen LogP contribution >= 0.6 is 0 Å². The number of urea groups is 1. The first-order chi connectivity index (χ1) is 11.5. The Labute approximate surface area is 144 Å². The van der Waals surface area contributed by atoms with Crippen molar-refractivity contribution in [2.45, 2.75) is 39.8 Å². The molecule has 2 aromatic rings. The Hall–Kier alpha value is -2.30. The zero-order valence-electron chi connectivity index (χ0n) is 15.1. The van der Waals surface area contributed by atoms with E-state index in [2.05, 4.69) is 55.5 Å². The molecule has 5 nitrogen and oxygen atoms in total. The molecule has 0 aliphatic rings. The number of nitrogens with one attached hydrogen (secondary N) is 1. The summed E-state index contributed by atoms with van der Waals surface area (Å²) in [6.45, 7) is 8.51. The Bertz CT molecular complexity index is 619. The lowest BCUT2D eigenvalue weighted by molar-refractivity contribution is 0.204. The predicted octanol–water partition coefficient (Wildman–Crippen LogP) is 3.48. The molecular formula is C19H28N4O. The van der Waals surface area contributed by atoms with Gasteiger partial charge >= 0.3 is 6.03 Å². The van der Waals surface area contributed by atoms with E-state index >= 15 is 0 Å². The molecule has 0 bridgehead atoms. The number of benzene rings is 1. The summed E-state index contributed by atoms with van der Waals surface area (Å²) in [7, 11) is 1.82. The van der Waals surface area contributed by atoms with E-state index in [1.165, 1.54) is 5.56 Å². The van der Waals surface area contributed by atoms with E-state index < -0.39 is 0 Å². The molecule has 1 heterocycles. The van der Waals surface area contributed by atoms with Crippen LogP contribution in [0, 0.1) is 5.92 Å². The second-order valence-corrected chi connectivity index (χ2v) is 6.77. The fraction of sp³-hybridized carbons (Fsp3) is 0.474. The van der Waals surface area contributed by atoms with Crippen LogP contribution in [-0.4, -0.2) is 34.3 Å². The first kappa shape index (κ1) is 18.0. The van der Waals surface area contributed by atoms with Crippen LogP contribution in [-0.2, 0) is 13.1 Å². The molecular weight excluding hydrogens is 300 g/mol. The third-order valence-corrected chi connectivity index (χ3v) is 4.07. The van der Waals surface area contributed by atoms with Crippen LogP contribution in [0.25, 0.3) is 0 Å². The lowest BCUT2D eigenvalue weighted by Crippen LogP contribution is -2.39. The van der Waals surface area contributed by atoms with Gasteiger partial charge in [-0.2, -0.15) is 5.10 Å². The molecule has 2 amide bonds. The van der Waals surface area contributed by atoms with E-state index in [0.29, 0.717) is 24.9 Å². The number of nitrogens with zero attached hydrogens (tertiary/aromatic N) is 3. The Morgan fingerprint density at radius 1 is 1.25 bits per heavy atom. The lowest BCUT2D eigenvalue weighted by atomic mass is 10.0. The molecule has 1 aromatic heterocycles. The van der Waals surface area contributed by atoms with E-state index in [4.69, 9.17) is 0 Å². The number of aromatic nitrogens is 2. The molecule has 5 heteroatoms. The molecule has 2 rings (SSSR count). The predicted molar refractivity (Wildman–Crippen MR) is 96.8 cm³/mol. The van der Waals surface area contributed by atoms with E-state index in [9.17, 15) is 4.79 Å². The van der Waals surface area contributed by atoms with Crippen molar-refractivity contribution in [1.82, 2.24) is 20.0 Å². The highest BCUT2D eigenvalue weighted by Crippen LogP contribution is 2.15. The van der Waals surface area contributed by atoms with Gasteiger partial charge in [-0.15, -0.1) is 0 Å². The van der Waals surface area contributed by atoms with E-state index in [1.54, 1.807) is 11.1 Å². The molecule has 1 unspecified atom stereocenters. The van der Waals surface area contributed by atoms with Gasteiger partial charge in [0.2, 0.25) is 0 Å². The summed E-state index contributed by atoms with van der Waals surface area (Å²) in [6.07, 6.45) is 3.70. The minimum absolute atomic E-state index is 0.0461. The summed E-state index contributed by atoms with van der Waals surface area (Å²) in [5, 5.41) is 7.18. The topological polar surface area (TPSA) is 50.2 Å². The molecule has 0 aliphatic carbocycles. The lowest BCUT2D eigenvalue weighted by Gasteiger charge is -2.20. The maximum Gasteiger partial charge on any atom is 0.317 e. The molecule has 0 saturated heterocycles. The van der Waals surface area contributed by atoms with Crippen molar-refractivity contribution in [1.29, 1.82) is 0 Å². The molecule has 130 valence electrons. The van der Waals surface area contributed by atoms with Crippen LogP contribution in [0.5, 0.6) is 0 Å². The maximum absolute atomic E-state index is 12.2. The van der Waals surface area contributed by atoms with Crippen molar-refractivity contribution < 1.29 is 4.79 Å². The number of rotatable bonds is 7. The Kier molecular flexibility index (Phi) is 6.41. The highest BCUT2D eigenvalue weighted by molar-refractivity contribution is 5.73. The largest absolute Gasteiger partial charge is 0.338 e. The Morgan fingerprint density at radius 2 is 1.96 bits per heavy atom. The van der Waals surface area contributed by atoms with E-state index in [-0.39, 0.29) is 6.03 Å². The molecule has 1 aromatic carbocycles. The van der Waals surface area contributed by atoms with Crippen LogP contribution in [0.3, 0.4) is 0 Å². The number of carbonyl (C=O) groups excluding carboxylic acids is 1. The van der Waals surface area contributed by atoms with Gasteiger partial charge in [-0.05, 0) is 29.0 Å². The molecule has 1 atom stereocenters. The van der Waals surface area contributed by atoms with Crippen molar-refractivity contribution in [3.05, 3.63) is 53.9 Å². The van der Waals surface area contributed by atoms with Gasteiger partial charge in [0.15, 0.2) is 0 Å². The van der Waals surface area contributed by atoms with Crippen molar-refractivity contribution in [2.75, 3.05) is 13.6 Å². The van der Waals surface area contributed by atoms with Gasteiger partial charge in [0, 0.05) is 39.1 Å². The minimum atomic E-state index is -0.0461. The quantitative estimate of drug-likeness (QED) is 0.846. The van der Waals surface area contributed by atoms with Crippen molar-refractivity contribution >= 4 is 6.03 Å². The number of carbonyl (C=O) groups is 1. The van der Waals surface area contributed by atoms with Gasteiger partial charge < -0.3 is 10.2 Å². The molecule has 0 aliphatic heterocycles. The second kappa shape index (κ2) is 8.52. The fourth-order valence-electron chi connectivity index (χ4n) is 2.54. The second-order valence-electron chi connectivity index (χ2n) is 6.77. The van der Waals surface area contributed by atoms with Crippen molar-refractivity contribution in [3.63, 3.8) is 0 Å². The molecule has 0 saturated carbocycles. The summed E-state index contributed by atoms with van der Waals surface area (Å²) >= 11 is 0. The molecule has 24 heavy (non-hydrogen) atoms. The summed E-state index contributed by atoms with van der Waals surface area (Å²) in [5.41, 5.74) is 2.46. The van der Waals surface area contributed by atoms with Gasteiger partial charge in [0.1, 0.15) is 0 Å². The van der Waals surface area contributed by atoms with E-state index in [1.807, 2.05) is 24.0 Å². The van der Waals surface area contributed by atoms with Gasteiger partial charge in [-0.1, -0.05) is 45.0 Å². The van der Waals surface area contributed by atoms with Crippen molar-refractivity contribution in [3.8, 4) is 0 Å². The Morgan fingerprint density at radius 3 is 2.54 bits per heavy atom. The molecule has 0 spiro atoms. The zero-order chi connectivity index (χ0) is 17.5. The zero-order valence-corrected chi connectivity index (χ0v) is 15.1. The highest BCUT2D eigenvalue weighted by Gasteiger charge is 2.11. The summed E-state index contributed by atoms with van der Waals surface area (Å²) in [6, 6.07) is 10.3. The molecule has 0 fully saturated rings. The Balaban J connectivity index is 1.77. The highest BCUT2D eigenvalue weighted by atomic mass is 16.2. The van der Waals surface area contributed by atoms with E-state index in [0.717, 1.165) is 12.1 Å². The number of hydrogen-bond acceptors (Lipinski definition) is 2. The van der Waals surface area contributed by atoms with Crippen LogP contribution in [0.4, 0.5) is 4.79 Å². The van der Waals surface area contributed by atoms with Gasteiger partial charge in [0.05, 0.1) is 0 Å². The van der Waals surface area contributed by atoms with Crippen molar-refractivity contribution in [2.24, 2.45) is 5.92 Å². The van der Waals surface area contributed by atoms with Crippen LogP contribution in [0.2, 0.25) is 0 Å². The maximum atomic E-state index is 12.2. The average molecular weight is 328 g/mol. The van der Waals surface area contributed by atoms with Gasteiger partial charge in [0.25, 0.3) is 0 Å². The SMILES string of the molecule is CC(CNC(=O)N(C)Cc1ccc(C(C)C)cc1)Cn1cccn1. The van der Waals surface area contributed by atoms with Crippen LogP contribution < -0.4 is 5.32 Å². The summed E-state index contributed by atoms with van der Waals surface area (Å²) < 4.78 is 1.89. The normalized spacial score (nSPS) is 12.2. The molecule has 0 radical (unpaired) electrons. The molecule has 1 N–H and O–H groups in total. The van der Waals surface area contributed by atoms with Gasteiger partial charge in [-0.25, -0.2) is 4.79 Å². The van der Waals surface area contributed by atoms with Gasteiger partial charge in [-0.3, -0.25) is 4.68 Å². The first-order valence-electron chi connectivity index (χ1n) is 8.51. The third-order valence-electron chi connectivity index (χ3n) is 4.07. The number of hydrogen-bond donors (Lipinski definition) is 1. The smallest absolute Gasteiger partial charge is 0.317 e. The monoisotopic (exact) mass is 328 g/mol. The number of amides is 2. The third kappa shape index (κ3) is 5.41. The minimum Gasteiger partial charge on any atom is -0.338 e. The summed E-state index contributed by atoms with van der Waals surface area (Å²) in [5.74, 6) is 0.851. The average Bonchev–Trinajstić information content (AvgIpc) is 3.06. The fourth-order valence-corrected chi connectivity index (χ4v) is 2.54. The standard InChI is InChI=1S/C19H28N4O/c1-15(2)18-8-6-17(7-9-18)14-22(4)19(24)20-12-16(3)13-23-11-5-10-21-23/h5-11,15-16H,12-14H2,1-4H3,(H,20,24).